The van der Waals surface area contributed by atoms with Gasteiger partial charge in [-0.2, -0.15) is 0 Å². The van der Waals surface area contributed by atoms with Gasteiger partial charge in [0, 0.05) is 5.41 Å². The summed E-state index contributed by atoms with van der Waals surface area (Å²) in [5.41, 5.74) is 6.45. The minimum atomic E-state index is -0.0859. The molecule has 128 valence electrons. The van der Waals surface area contributed by atoms with Crippen molar-refractivity contribution >= 4 is 0 Å². The Balaban J connectivity index is 1.56. The number of rotatable bonds is 2. The first kappa shape index (κ1) is 15.2. The number of aliphatic hydroxyl groups excluding tert-OH is 2. The van der Waals surface area contributed by atoms with E-state index < -0.39 is 0 Å². The van der Waals surface area contributed by atoms with Crippen LogP contribution >= 0.6 is 0 Å². The second-order valence-electron chi connectivity index (χ2n) is 8.62. The molecule has 2 saturated carbocycles. The van der Waals surface area contributed by atoms with E-state index in [2.05, 4.69) is 24.3 Å². The van der Waals surface area contributed by atoms with E-state index >= 15 is 0 Å². The Kier molecular flexibility index (Phi) is 3.44. The van der Waals surface area contributed by atoms with Crippen LogP contribution < -0.4 is 0 Å². The summed E-state index contributed by atoms with van der Waals surface area (Å²) in [5, 5.41) is 20.0. The number of allylic oxidation sites excluding steroid dienone is 8. The van der Waals surface area contributed by atoms with Gasteiger partial charge in [0.2, 0.25) is 0 Å². The molecule has 24 heavy (non-hydrogen) atoms. The van der Waals surface area contributed by atoms with Crippen LogP contribution in [0, 0.1) is 17.3 Å². The molecule has 0 amide bonds. The van der Waals surface area contributed by atoms with Gasteiger partial charge < -0.3 is 10.2 Å². The average molecular weight is 324 g/mol. The molecule has 0 aromatic rings. The third-order valence-corrected chi connectivity index (χ3v) is 7.53. The van der Waals surface area contributed by atoms with E-state index in [1.807, 2.05) is 0 Å². The van der Waals surface area contributed by atoms with Crippen LogP contribution in [0.3, 0.4) is 0 Å². The van der Waals surface area contributed by atoms with E-state index in [0.717, 1.165) is 57.8 Å². The van der Waals surface area contributed by atoms with E-state index in [9.17, 15) is 10.2 Å². The van der Waals surface area contributed by atoms with E-state index in [1.165, 1.54) is 11.1 Å². The van der Waals surface area contributed by atoms with Crippen molar-refractivity contribution in [3.63, 3.8) is 0 Å². The fourth-order valence-electron chi connectivity index (χ4n) is 6.40. The van der Waals surface area contributed by atoms with Gasteiger partial charge in [0.1, 0.15) is 0 Å². The van der Waals surface area contributed by atoms with Crippen molar-refractivity contribution in [2.45, 2.75) is 70.0 Å². The van der Waals surface area contributed by atoms with Crippen molar-refractivity contribution in [3.05, 3.63) is 46.6 Å². The van der Waals surface area contributed by atoms with Crippen molar-refractivity contribution in [2.24, 2.45) is 17.3 Å². The van der Waals surface area contributed by atoms with Gasteiger partial charge in [-0.05, 0) is 91.9 Å². The molecule has 5 rings (SSSR count). The van der Waals surface area contributed by atoms with Crippen LogP contribution in [-0.2, 0) is 0 Å². The minimum absolute atomic E-state index is 0.0859. The lowest BCUT2D eigenvalue weighted by atomic mass is 9.55. The zero-order valence-electron chi connectivity index (χ0n) is 14.4. The Morgan fingerprint density at radius 3 is 2.00 bits per heavy atom. The van der Waals surface area contributed by atoms with Crippen molar-refractivity contribution in [3.8, 4) is 0 Å². The zero-order valence-corrected chi connectivity index (χ0v) is 14.4. The van der Waals surface area contributed by atoms with Crippen LogP contribution in [0.5, 0.6) is 0 Å². The largest absolute Gasteiger partial charge is 0.393 e. The molecule has 0 radical (unpaired) electrons. The second kappa shape index (κ2) is 5.44. The molecule has 2 N–H and O–H groups in total. The predicted molar refractivity (Wildman–Crippen MR) is 95.3 cm³/mol. The van der Waals surface area contributed by atoms with E-state index in [-0.39, 0.29) is 17.6 Å². The Hall–Kier alpha value is -1.12. The summed E-state index contributed by atoms with van der Waals surface area (Å²) in [7, 11) is 0. The first-order valence-electron chi connectivity index (χ1n) is 9.89. The van der Waals surface area contributed by atoms with Crippen molar-refractivity contribution in [2.75, 3.05) is 0 Å². The summed E-state index contributed by atoms with van der Waals surface area (Å²) in [5.74, 6) is 1.35. The molecule has 0 aliphatic heterocycles. The SMILES string of the molecule is OC1CCC(C2(C3CCC(O)CC3)C=C3CC2=C2C=CC=C32)CC1. The molecule has 0 heterocycles. The smallest absolute Gasteiger partial charge is 0.0540 e. The van der Waals surface area contributed by atoms with Crippen LogP contribution in [0.4, 0.5) is 0 Å². The van der Waals surface area contributed by atoms with E-state index in [0.29, 0.717) is 11.8 Å². The lowest BCUT2D eigenvalue weighted by molar-refractivity contribution is 0.0281. The molecule has 0 saturated heterocycles. The zero-order chi connectivity index (χ0) is 16.3. The van der Waals surface area contributed by atoms with Crippen LogP contribution in [0.15, 0.2) is 46.6 Å². The lowest BCUT2D eigenvalue weighted by Crippen LogP contribution is -2.42. The topological polar surface area (TPSA) is 40.5 Å². The lowest BCUT2D eigenvalue weighted by Gasteiger charge is -2.49. The fraction of sp³-hybridized carbons (Fsp3) is 0.636. The maximum Gasteiger partial charge on any atom is 0.0540 e. The Morgan fingerprint density at radius 2 is 1.42 bits per heavy atom. The Bertz CT molecular complexity index is 640. The second-order valence-corrected chi connectivity index (χ2v) is 8.62. The van der Waals surface area contributed by atoms with Gasteiger partial charge >= 0.3 is 0 Å². The molecule has 0 atom stereocenters. The first-order valence-corrected chi connectivity index (χ1v) is 9.89. The molecule has 2 bridgehead atoms. The molecular formula is C22H28O2. The first-order chi connectivity index (χ1) is 11.7. The van der Waals surface area contributed by atoms with E-state index in [4.69, 9.17) is 0 Å². The maximum atomic E-state index is 10.0. The predicted octanol–water partition coefficient (Wildman–Crippen LogP) is 4.21. The molecule has 5 aliphatic carbocycles. The normalized spacial score (nSPS) is 43.9. The van der Waals surface area contributed by atoms with Crippen molar-refractivity contribution < 1.29 is 10.2 Å². The highest BCUT2D eigenvalue weighted by Crippen LogP contribution is 2.64. The summed E-state index contributed by atoms with van der Waals surface area (Å²) in [6.07, 6.45) is 18.9. The van der Waals surface area contributed by atoms with Gasteiger partial charge in [-0.3, -0.25) is 0 Å². The number of aliphatic hydroxyl groups is 2. The summed E-state index contributed by atoms with van der Waals surface area (Å²) in [4.78, 5) is 0. The summed E-state index contributed by atoms with van der Waals surface area (Å²) in [6.45, 7) is 0. The van der Waals surface area contributed by atoms with Crippen LogP contribution in [0.25, 0.3) is 0 Å². The highest BCUT2D eigenvalue weighted by Gasteiger charge is 2.54. The highest BCUT2D eigenvalue weighted by molar-refractivity contribution is 5.71. The van der Waals surface area contributed by atoms with Crippen LogP contribution in [-0.4, -0.2) is 22.4 Å². The molecular weight excluding hydrogens is 296 g/mol. The minimum Gasteiger partial charge on any atom is -0.393 e. The number of hydrogen-bond donors (Lipinski definition) is 2. The molecule has 0 aromatic heterocycles. The van der Waals surface area contributed by atoms with Gasteiger partial charge in [0.05, 0.1) is 12.2 Å². The molecule has 2 heteroatoms. The fourth-order valence-corrected chi connectivity index (χ4v) is 6.40. The molecule has 2 fully saturated rings. The molecule has 0 aromatic carbocycles. The summed E-state index contributed by atoms with van der Waals surface area (Å²) >= 11 is 0. The third kappa shape index (κ3) is 2.02. The number of hydrogen-bond acceptors (Lipinski definition) is 2. The van der Waals surface area contributed by atoms with Crippen LogP contribution in [0.2, 0.25) is 0 Å². The maximum absolute atomic E-state index is 10.0. The monoisotopic (exact) mass is 324 g/mol. The Morgan fingerprint density at radius 1 is 0.833 bits per heavy atom. The summed E-state index contributed by atoms with van der Waals surface area (Å²) in [6, 6.07) is 0. The molecule has 2 nitrogen and oxygen atoms in total. The quantitative estimate of drug-likeness (QED) is 0.799. The highest BCUT2D eigenvalue weighted by atomic mass is 16.3. The van der Waals surface area contributed by atoms with Gasteiger partial charge in [0.15, 0.2) is 0 Å². The molecule has 0 spiro atoms. The van der Waals surface area contributed by atoms with Gasteiger partial charge in [-0.25, -0.2) is 0 Å². The van der Waals surface area contributed by atoms with Gasteiger partial charge in [-0.1, -0.05) is 24.3 Å². The van der Waals surface area contributed by atoms with Gasteiger partial charge in [0.25, 0.3) is 0 Å². The standard InChI is InChI=1S/C22H28O2/c23-17-8-4-15(5-9-17)22(16-6-10-18(24)11-7-16)13-14-12-21(22)20-3-1-2-19(14)20/h1-3,13,15-18,23-24H,4-12H2. The van der Waals surface area contributed by atoms with E-state index in [1.54, 1.807) is 11.1 Å². The third-order valence-electron chi connectivity index (χ3n) is 7.53. The molecule has 0 unspecified atom stereocenters. The Labute approximate surface area is 144 Å². The average Bonchev–Trinajstić information content (AvgIpc) is 3.28. The molecule has 5 aliphatic rings. The summed E-state index contributed by atoms with van der Waals surface area (Å²) < 4.78 is 0. The van der Waals surface area contributed by atoms with Gasteiger partial charge in [-0.15, -0.1) is 0 Å². The van der Waals surface area contributed by atoms with Crippen molar-refractivity contribution in [1.82, 2.24) is 0 Å². The number of fused-ring (bicyclic) bond motifs is 4. The van der Waals surface area contributed by atoms with Crippen LogP contribution in [0.1, 0.15) is 57.8 Å². The van der Waals surface area contributed by atoms with Crippen molar-refractivity contribution in [1.29, 1.82) is 0 Å².